The van der Waals surface area contributed by atoms with Crippen LogP contribution in [0.25, 0.3) is 16.8 Å². The molecule has 32 heavy (non-hydrogen) atoms. The van der Waals surface area contributed by atoms with Gasteiger partial charge in [-0.05, 0) is 42.8 Å². The number of amides is 1. The third-order valence-corrected chi connectivity index (χ3v) is 5.61. The van der Waals surface area contributed by atoms with Gasteiger partial charge in [0.25, 0.3) is 0 Å². The Kier molecular flexibility index (Phi) is 5.14. The molecular formula is C23H21FN6O2. The zero-order valence-electron chi connectivity index (χ0n) is 17.5. The predicted molar refractivity (Wildman–Crippen MR) is 118 cm³/mol. The van der Waals surface area contributed by atoms with Crippen molar-refractivity contribution in [1.82, 2.24) is 19.6 Å². The summed E-state index contributed by atoms with van der Waals surface area (Å²) in [6, 6.07) is 12.3. The van der Waals surface area contributed by atoms with E-state index in [0.717, 1.165) is 17.5 Å². The number of halogens is 1. The summed E-state index contributed by atoms with van der Waals surface area (Å²) in [7, 11) is 1.52. The quantitative estimate of drug-likeness (QED) is 0.500. The second-order valence-corrected chi connectivity index (χ2v) is 7.49. The summed E-state index contributed by atoms with van der Waals surface area (Å²) in [5.41, 5.74) is 2.79. The van der Waals surface area contributed by atoms with E-state index >= 15 is 0 Å². The highest BCUT2D eigenvalue weighted by molar-refractivity contribution is 5.94. The van der Waals surface area contributed by atoms with Gasteiger partial charge in [-0.2, -0.15) is 0 Å². The number of carbonyl (C=O) groups excluding carboxylic acids is 1. The molecule has 0 saturated carbocycles. The molecule has 1 amide bonds. The number of fused-ring (bicyclic) bond motifs is 1. The first-order valence-electron chi connectivity index (χ1n) is 10.3. The Hall–Kier alpha value is -4.01. The van der Waals surface area contributed by atoms with Gasteiger partial charge in [-0.3, -0.25) is 14.1 Å². The average molecular weight is 432 g/mol. The molecule has 0 atom stereocenters. The number of carbonyl (C=O) groups is 1. The van der Waals surface area contributed by atoms with E-state index < -0.39 is 0 Å². The number of hydrogen-bond donors (Lipinski definition) is 1. The Morgan fingerprint density at radius 3 is 2.84 bits per heavy atom. The molecule has 4 heterocycles. The summed E-state index contributed by atoms with van der Waals surface area (Å²) in [4.78, 5) is 18.1. The van der Waals surface area contributed by atoms with Gasteiger partial charge in [0.1, 0.15) is 29.5 Å². The van der Waals surface area contributed by atoms with Crippen LogP contribution in [0.5, 0.6) is 5.75 Å². The first-order valence-corrected chi connectivity index (χ1v) is 10.3. The van der Waals surface area contributed by atoms with Gasteiger partial charge in [-0.1, -0.05) is 6.07 Å². The molecule has 0 unspecified atom stereocenters. The van der Waals surface area contributed by atoms with Gasteiger partial charge >= 0.3 is 0 Å². The van der Waals surface area contributed by atoms with Crippen LogP contribution in [-0.2, 0) is 11.3 Å². The van der Waals surface area contributed by atoms with Gasteiger partial charge in [0, 0.05) is 42.4 Å². The lowest BCUT2D eigenvalue weighted by Gasteiger charge is -2.15. The lowest BCUT2D eigenvalue weighted by molar-refractivity contribution is -0.117. The first kappa shape index (κ1) is 19.9. The van der Waals surface area contributed by atoms with Crippen molar-refractivity contribution in [2.75, 3.05) is 23.9 Å². The number of ether oxygens (including phenoxy) is 1. The average Bonchev–Trinajstić information content (AvgIpc) is 3.47. The first-order chi connectivity index (χ1) is 15.7. The molecule has 1 saturated heterocycles. The number of hydrogen-bond acceptors (Lipinski definition) is 6. The van der Waals surface area contributed by atoms with Crippen LogP contribution in [0.4, 0.5) is 16.0 Å². The molecule has 1 aromatic carbocycles. The lowest BCUT2D eigenvalue weighted by Crippen LogP contribution is -2.24. The normalized spacial score (nSPS) is 13.7. The molecule has 0 aliphatic carbocycles. The fraction of sp³-hybridized carbons (Fsp3) is 0.217. The van der Waals surface area contributed by atoms with Gasteiger partial charge in [0.15, 0.2) is 5.65 Å². The topological polar surface area (TPSA) is 84.6 Å². The Morgan fingerprint density at radius 1 is 1.19 bits per heavy atom. The molecule has 8 nitrogen and oxygen atoms in total. The monoisotopic (exact) mass is 432 g/mol. The highest BCUT2D eigenvalue weighted by atomic mass is 19.1. The molecule has 9 heteroatoms. The molecule has 1 N–H and O–H groups in total. The van der Waals surface area contributed by atoms with E-state index in [1.807, 2.05) is 24.3 Å². The zero-order chi connectivity index (χ0) is 22.1. The third kappa shape index (κ3) is 3.51. The van der Waals surface area contributed by atoms with Crippen molar-refractivity contribution in [2.24, 2.45) is 0 Å². The summed E-state index contributed by atoms with van der Waals surface area (Å²) in [6.07, 6.45) is 4.76. The smallest absolute Gasteiger partial charge is 0.228 e. The maximum absolute atomic E-state index is 14.3. The summed E-state index contributed by atoms with van der Waals surface area (Å²) >= 11 is 0. The van der Waals surface area contributed by atoms with Gasteiger partial charge in [-0.15, -0.1) is 10.2 Å². The number of nitrogens with zero attached hydrogens (tertiary/aromatic N) is 5. The number of anilines is 2. The van der Waals surface area contributed by atoms with Crippen LogP contribution in [0.2, 0.25) is 0 Å². The Labute approximate surface area is 183 Å². The number of aromatic nitrogens is 4. The fourth-order valence-electron chi connectivity index (χ4n) is 3.96. The molecule has 0 radical (unpaired) electrons. The molecule has 0 bridgehead atoms. The molecular weight excluding hydrogens is 411 g/mol. The highest BCUT2D eigenvalue weighted by Gasteiger charge is 2.22. The van der Waals surface area contributed by atoms with Crippen molar-refractivity contribution < 1.29 is 13.9 Å². The predicted octanol–water partition coefficient (Wildman–Crippen LogP) is 3.68. The number of pyridine rings is 2. The van der Waals surface area contributed by atoms with Crippen LogP contribution in [0.1, 0.15) is 18.4 Å². The highest BCUT2D eigenvalue weighted by Crippen LogP contribution is 2.29. The minimum absolute atomic E-state index is 0.104. The zero-order valence-corrected chi connectivity index (χ0v) is 17.5. The van der Waals surface area contributed by atoms with Gasteiger partial charge in [-0.25, -0.2) is 9.37 Å². The minimum atomic E-state index is -0.337. The maximum atomic E-state index is 14.3. The molecule has 1 aliphatic heterocycles. The van der Waals surface area contributed by atoms with Crippen molar-refractivity contribution in [3.8, 4) is 16.9 Å². The summed E-state index contributed by atoms with van der Waals surface area (Å²) in [5.74, 6) is 1.62. The molecule has 3 aromatic heterocycles. The molecule has 5 rings (SSSR count). The molecule has 1 aliphatic rings. The van der Waals surface area contributed by atoms with Crippen molar-refractivity contribution in [3.05, 3.63) is 66.4 Å². The maximum Gasteiger partial charge on any atom is 0.228 e. The number of benzene rings is 1. The lowest BCUT2D eigenvalue weighted by atomic mass is 10.1. The Morgan fingerprint density at radius 2 is 2.09 bits per heavy atom. The Balaban J connectivity index is 1.42. The summed E-state index contributed by atoms with van der Waals surface area (Å²) < 4.78 is 21.3. The van der Waals surface area contributed by atoms with Crippen LogP contribution in [-0.4, -0.2) is 39.1 Å². The largest absolute Gasteiger partial charge is 0.496 e. The van der Waals surface area contributed by atoms with Crippen molar-refractivity contribution in [1.29, 1.82) is 0 Å². The van der Waals surface area contributed by atoms with Crippen molar-refractivity contribution in [3.63, 3.8) is 0 Å². The minimum Gasteiger partial charge on any atom is -0.496 e. The van der Waals surface area contributed by atoms with E-state index in [2.05, 4.69) is 20.5 Å². The van der Waals surface area contributed by atoms with Crippen LogP contribution in [0, 0.1) is 5.82 Å². The summed E-state index contributed by atoms with van der Waals surface area (Å²) in [6.45, 7) is 0.940. The van der Waals surface area contributed by atoms with Gasteiger partial charge < -0.3 is 10.1 Å². The van der Waals surface area contributed by atoms with Crippen LogP contribution >= 0.6 is 0 Å². The number of rotatable bonds is 6. The van der Waals surface area contributed by atoms with Gasteiger partial charge in [0.05, 0.1) is 7.11 Å². The summed E-state index contributed by atoms with van der Waals surface area (Å²) in [5, 5.41) is 11.5. The van der Waals surface area contributed by atoms with E-state index in [1.54, 1.807) is 34.0 Å². The SMILES string of the molecule is COc1cccc(F)c1CNc1ccc(-c2ccc(N3CCCC3=O)nc2)c2nncn12. The van der Waals surface area contributed by atoms with Gasteiger partial charge in [0.2, 0.25) is 5.91 Å². The molecule has 1 fully saturated rings. The molecule has 0 spiro atoms. The van der Waals surface area contributed by atoms with Crippen LogP contribution in [0.3, 0.4) is 0 Å². The van der Waals surface area contributed by atoms with E-state index in [4.69, 9.17) is 4.74 Å². The van der Waals surface area contributed by atoms with E-state index in [0.29, 0.717) is 41.6 Å². The van der Waals surface area contributed by atoms with E-state index in [-0.39, 0.29) is 18.3 Å². The number of methoxy groups -OCH3 is 1. The second-order valence-electron chi connectivity index (χ2n) is 7.49. The fourth-order valence-corrected chi connectivity index (χ4v) is 3.96. The number of nitrogens with one attached hydrogen (secondary N) is 1. The van der Waals surface area contributed by atoms with Crippen LogP contribution < -0.4 is 15.0 Å². The standard InChI is InChI=1S/C23H21FN6O2/c1-32-19-5-2-4-18(24)17(19)13-26-21-10-8-16(23-28-27-14-30(21)23)15-7-9-20(25-12-15)29-11-3-6-22(29)31/h2,4-5,7-10,12,14,26H,3,6,11,13H2,1H3. The van der Waals surface area contributed by atoms with Crippen molar-refractivity contribution in [2.45, 2.75) is 19.4 Å². The van der Waals surface area contributed by atoms with E-state index in [9.17, 15) is 9.18 Å². The second kappa shape index (κ2) is 8.26. The Bertz CT molecular complexity index is 1290. The van der Waals surface area contributed by atoms with E-state index in [1.165, 1.54) is 13.2 Å². The van der Waals surface area contributed by atoms with Crippen molar-refractivity contribution >= 4 is 23.2 Å². The van der Waals surface area contributed by atoms with Crippen LogP contribution in [0.15, 0.2) is 55.0 Å². The molecule has 4 aromatic rings. The third-order valence-electron chi connectivity index (χ3n) is 5.61. The molecule has 162 valence electrons.